The van der Waals surface area contributed by atoms with Gasteiger partial charge in [0.2, 0.25) is 6.10 Å². The summed E-state index contributed by atoms with van der Waals surface area (Å²) in [5.41, 5.74) is 0.497. The molecule has 0 radical (unpaired) electrons. The number of aliphatic carboxylic acids is 2. The van der Waals surface area contributed by atoms with Crippen molar-refractivity contribution in [2.75, 3.05) is 7.11 Å². The van der Waals surface area contributed by atoms with E-state index in [4.69, 9.17) is 14.9 Å². The second-order valence-corrected chi connectivity index (χ2v) is 4.13. The van der Waals surface area contributed by atoms with E-state index >= 15 is 0 Å². The molecule has 0 aliphatic heterocycles. The van der Waals surface area contributed by atoms with Crippen molar-refractivity contribution in [2.24, 2.45) is 0 Å². The Balaban J connectivity index is 2.74. The summed E-state index contributed by atoms with van der Waals surface area (Å²) in [4.78, 5) is 32.7. The lowest BCUT2D eigenvalue weighted by molar-refractivity contribution is -0.164. The molecule has 118 valence electrons. The van der Waals surface area contributed by atoms with E-state index in [0.29, 0.717) is 5.56 Å². The Hall–Kier alpha value is -3.03. The van der Waals surface area contributed by atoms with Gasteiger partial charge in [-0.3, -0.25) is 4.79 Å². The van der Waals surface area contributed by atoms with E-state index in [2.05, 4.69) is 4.74 Å². The SMILES string of the molecule is COc1cc(C=CC(=O)O[C@@H](CC(=O)O)C(=O)O)ccc1O. The number of esters is 1. The van der Waals surface area contributed by atoms with Crippen LogP contribution in [0.2, 0.25) is 0 Å². The first-order valence-electron chi connectivity index (χ1n) is 6.03. The maximum Gasteiger partial charge on any atom is 0.345 e. The molecular formula is C14H14O8. The van der Waals surface area contributed by atoms with Gasteiger partial charge in [-0.05, 0) is 23.8 Å². The van der Waals surface area contributed by atoms with Crippen LogP contribution >= 0.6 is 0 Å². The number of rotatable bonds is 7. The third kappa shape index (κ3) is 5.16. The second kappa shape index (κ2) is 7.67. The van der Waals surface area contributed by atoms with Crippen molar-refractivity contribution in [1.82, 2.24) is 0 Å². The lowest BCUT2D eigenvalue weighted by Crippen LogP contribution is -2.28. The van der Waals surface area contributed by atoms with Crippen molar-refractivity contribution in [2.45, 2.75) is 12.5 Å². The maximum atomic E-state index is 11.5. The summed E-state index contributed by atoms with van der Waals surface area (Å²) < 4.78 is 9.43. The van der Waals surface area contributed by atoms with E-state index in [1.807, 2.05) is 0 Å². The zero-order valence-electron chi connectivity index (χ0n) is 11.6. The topological polar surface area (TPSA) is 130 Å². The average molecular weight is 310 g/mol. The van der Waals surface area contributed by atoms with E-state index < -0.39 is 30.4 Å². The Morgan fingerprint density at radius 2 is 1.95 bits per heavy atom. The first kappa shape index (κ1) is 17.0. The number of aromatic hydroxyl groups is 1. The minimum Gasteiger partial charge on any atom is -0.504 e. The number of carbonyl (C=O) groups is 3. The van der Waals surface area contributed by atoms with Crippen LogP contribution in [0.3, 0.4) is 0 Å². The van der Waals surface area contributed by atoms with Crippen LogP contribution in [0.4, 0.5) is 0 Å². The maximum absolute atomic E-state index is 11.5. The molecule has 3 N–H and O–H groups in total. The van der Waals surface area contributed by atoms with Gasteiger partial charge in [0.05, 0.1) is 13.5 Å². The number of carboxylic acid groups (broad SMARTS) is 2. The fourth-order valence-corrected chi connectivity index (χ4v) is 1.48. The molecule has 0 spiro atoms. The highest BCUT2D eigenvalue weighted by molar-refractivity contribution is 5.90. The molecule has 0 heterocycles. The normalized spacial score (nSPS) is 11.9. The molecule has 0 saturated heterocycles. The second-order valence-electron chi connectivity index (χ2n) is 4.13. The van der Waals surface area contributed by atoms with Crippen LogP contribution in [-0.4, -0.2) is 46.4 Å². The number of carboxylic acids is 2. The summed E-state index contributed by atoms with van der Waals surface area (Å²) in [6.07, 6.45) is -0.334. The number of carbonyl (C=O) groups excluding carboxylic acids is 1. The summed E-state index contributed by atoms with van der Waals surface area (Å²) >= 11 is 0. The van der Waals surface area contributed by atoms with Gasteiger partial charge >= 0.3 is 17.9 Å². The van der Waals surface area contributed by atoms with Crippen molar-refractivity contribution < 1.29 is 39.2 Å². The molecule has 0 bridgehead atoms. The molecule has 0 fully saturated rings. The van der Waals surface area contributed by atoms with Gasteiger partial charge in [-0.25, -0.2) is 9.59 Å². The first-order chi connectivity index (χ1) is 10.3. The molecule has 1 rings (SSSR count). The molecule has 0 saturated carbocycles. The molecule has 1 aromatic rings. The van der Waals surface area contributed by atoms with Crippen LogP contribution < -0.4 is 4.74 Å². The third-order valence-electron chi connectivity index (χ3n) is 2.51. The van der Waals surface area contributed by atoms with Gasteiger partial charge in [0.1, 0.15) is 0 Å². The zero-order chi connectivity index (χ0) is 16.7. The number of hydrogen-bond acceptors (Lipinski definition) is 6. The Labute approximate surface area is 125 Å². The van der Waals surface area contributed by atoms with E-state index in [-0.39, 0.29) is 11.5 Å². The highest BCUT2D eigenvalue weighted by Gasteiger charge is 2.24. The largest absolute Gasteiger partial charge is 0.504 e. The van der Waals surface area contributed by atoms with Crippen molar-refractivity contribution in [3.05, 3.63) is 29.8 Å². The Bertz CT molecular complexity index is 605. The fourth-order valence-electron chi connectivity index (χ4n) is 1.48. The quantitative estimate of drug-likeness (QED) is 0.500. The van der Waals surface area contributed by atoms with Crippen LogP contribution in [0.1, 0.15) is 12.0 Å². The van der Waals surface area contributed by atoms with E-state index in [1.165, 1.54) is 31.4 Å². The van der Waals surface area contributed by atoms with Gasteiger partial charge in [-0.2, -0.15) is 0 Å². The van der Waals surface area contributed by atoms with Crippen LogP contribution in [0.15, 0.2) is 24.3 Å². The predicted molar refractivity (Wildman–Crippen MR) is 73.5 cm³/mol. The van der Waals surface area contributed by atoms with Crippen molar-refractivity contribution in [3.8, 4) is 11.5 Å². The molecule has 0 aromatic heterocycles. The number of methoxy groups -OCH3 is 1. The predicted octanol–water partition coefficient (Wildman–Crippen LogP) is 0.885. The molecule has 0 amide bonds. The van der Waals surface area contributed by atoms with Crippen LogP contribution in [0.5, 0.6) is 11.5 Å². The number of benzene rings is 1. The Morgan fingerprint density at radius 1 is 1.27 bits per heavy atom. The minimum absolute atomic E-state index is 0.0744. The standard InChI is InChI=1S/C14H14O8/c1-21-10-6-8(2-4-9(10)15)3-5-13(18)22-11(14(19)20)7-12(16)17/h2-6,11,15H,7H2,1H3,(H,16,17)(H,19,20)/t11-/m0/s1. The van der Waals surface area contributed by atoms with Crippen molar-refractivity contribution in [3.63, 3.8) is 0 Å². The number of hydrogen-bond donors (Lipinski definition) is 3. The summed E-state index contributed by atoms with van der Waals surface area (Å²) in [6, 6.07) is 4.30. The molecule has 22 heavy (non-hydrogen) atoms. The minimum atomic E-state index is -1.76. The molecular weight excluding hydrogens is 296 g/mol. The smallest absolute Gasteiger partial charge is 0.345 e. The van der Waals surface area contributed by atoms with E-state index in [1.54, 1.807) is 0 Å². The molecule has 8 heteroatoms. The monoisotopic (exact) mass is 310 g/mol. The van der Waals surface area contributed by atoms with Crippen LogP contribution in [-0.2, 0) is 19.1 Å². The average Bonchev–Trinajstić information content (AvgIpc) is 2.45. The molecule has 0 aliphatic carbocycles. The Kier molecular flexibility index (Phi) is 5.94. The van der Waals surface area contributed by atoms with E-state index in [9.17, 15) is 19.5 Å². The highest BCUT2D eigenvalue weighted by atomic mass is 16.6. The van der Waals surface area contributed by atoms with Crippen LogP contribution in [0.25, 0.3) is 6.08 Å². The van der Waals surface area contributed by atoms with Gasteiger partial charge in [-0.1, -0.05) is 6.07 Å². The first-order valence-corrected chi connectivity index (χ1v) is 6.03. The van der Waals surface area contributed by atoms with E-state index in [0.717, 1.165) is 6.08 Å². The lowest BCUT2D eigenvalue weighted by Gasteiger charge is -2.09. The fraction of sp³-hybridized carbons (Fsp3) is 0.214. The molecule has 1 atom stereocenters. The van der Waals surface area contributed by atoms with Gasteiger partial charge in [0, 0.05) is 6.08 Å². The van der Waals surface area contributed by atoms with Gasteiger partial charge in [-0.15, -0.1) is 0 Å². The third-order valence-corrected chi connectivity index (χ3v) is 2.51. The Morgan fingerprint density at radius 3 is 2.50 bits per heavy atom. The number of ether oxygens (including phenoxy) is 2. The van der Waals surface area contributed by atoms with Crippen LogP contribution in [0, 0.1) is 0 Å². The van der Waals surface area contributed by atoms with Crippen molar-refractivity contribution in [1.29, 1.82) is 0 Å². The number of phenols is 1. The number of phenolic OH excluding ortho intramolecular Hbond substituents is 1. The lowest BCUT2D eigenvalue weighted by atomic mass is 10.2. The zero-order valence-corrected chi connectivity index (χ0v) is 11.6. The summed E-state index contributed by atoms with van der Waals surface area (Å²) in [7, 11) is 1.36. The van der Waals surface area contributed by atoms with Gasteiger partial charge < -0.3 is 24.8 Å². The van der Waals surface area contributed by atoms with Gasteiger partial charge in [0.15, 0.2) is 11.5 Å². The summed E-state index contributed by atoms with van der Waals surface area (Å²) in [5, 5.41) is 26.7. The van der Waals surface area contributed by atoms with Crippen molar-refractivity contribution >= 4 is 24.0 Å². The molecule has 8 nitrogen and oxygen atoms in total. The molecule has 0 unspecified atom stereocenters. The molecule has 0 aliphatic rings. The van der Waals surface area contributed by atoms with Gasteiger partial charge in [0.25, 0.3) is 0 Å². The molecule has 1 aromatic carbocycles. The summed E-state index contributed by atoms with van der Waals surface area (Å²) in [6.45, 7) is 0. The summed E-state index contributed by atoms with van der Waals surface area (Å²) in [5.74, 6) is -3.82. The highest BCUT2D eigenvalue weighted by Crippen LogP contribution is 2.26.